The van der Waals surface area contributed by atoms with Crippen molar-refractivity contribution in [3.8, 4) is 0 Å². The molecule has 2 heteroatoms. The summed E-state index contributed by atoms with van der Waals surface area (Å²) in [6.45, 7) is 2.15. The lowest BCUT2D eigenvalue weighted by atomic mass is 10.1. The largest absolute Gasteiger partial charge is 0.388 e. The van der Waals surface area contributed by atoms with Crippen LogP contribution in [0.4, 0.5) is 5.69 Å². The van der Waals surface area contributed by atoms with Gasteiger partial charge in [0.2, 0.25) is 0 Å². The van der Waals surface area contributed by atoms with Gasteiger partial charge in [-0.05, 0) is 24.1 Å². The molecule has 0 aromatic heterocycles. The molecular weight excluding hydrogens is 202 g/mol. The summed E-state index contributed by atoms with van der Waals surface area (Å²) in [5.41, 5.74) is 2.50. The molecule has 0 aliphatic heterocycles. The molecule has 1 nitrogen and oxygen atoms in total. The normalized spacial score (nSPS) is 9.73. The minimum atomic E-state index is 1.07. The zero-order valence-corrected chi connectivity index (χ0v) is 8.40. The third-order valence-electron chi connectivity index (χ3n) is 1.72. The van der Waals surface area contributed by atoms with Crippen LogP contribution in [0.1, 0.15) is 12.5 Å². The second kappa shape index (κ2) is 3.77. The van der Waals surface area contributed by atoms with Gasteiger partial charge in [-0.25, -0.2) is 0 Å². The molecule has 0 heterocycles. The summed E-state index contributed by atoms with van der Waals surface area (Å²) < 4.78 is 1.19. The highest BCUT2D eigenvalue weighted by Crippen LogP contribution is 2.21. The molecule has 0 aliphatic carbocycles. The van der Waals surface area contributed by atoms with Crippen LogP contribution in [0.3, 0.4) is 0 Å². The van der Waals surface area contributed by atoms with Gasteiger partial charge in [-0.2, -0.15) is 0 Å². The molecular formula is C9H12BrN. The van der Waals surface area contributed by atoms with Crippen molar-refractivity contribution in [2.24, 2.45) is 0 Å². The molecule has 0 saturated carbocycles. The monoisotopic (exact) mass is 213 g/mol. The zero-order valence-electron chi connectivity index (χ0n) is 6.82. The lowest BCUT2D eigenvalue weighted by Crippen LogP contribution is -1.89. The van der Waals surface area contributed by atoms with Crippen molar-refractivity contribution in [2.45, 2.75) is 13.3 Å². The van der Waals surface area contributed by atoms with E-state index in [0.29, 0.717) is 0 Å². The van der Waals surface area contributed by atoms with Crippen molar-refractivity contribution >= 4 is 21.6 Å². The molecule has 1 aromatic rings. The number of aryl methyl sites for hydroxylation is 1. The van der Waals surface area contributed by atoms with E-state index in [4.69, 9.17) is 0 Å². The maximum atomic E-state index is 3.51. The van der Waals surface area contributed by atoms with Crippen LogP contribution in [0, 0.1) is 0 Å². The number of hydrogen-bond acceptors (Lipinski definition) is 1. The SMILES string of the molecule is CCc1ccc(NC)cc1Br. The molecule has 0 radical (unpaired) electrons. The van der Waals surface area contributed by atoms with E-state index in [1.165, 1.54) is 10.0 Å². The van der Waals surface area contributed by atoms with E-state index in [0.717, 1.165) is 12.1 Å². The molecule has 1 aromatic carbocycles. The van der Waals surface area contributed by atoms with Gasteiger partial charge < -0.3 is 5.32 Å². The van der Waals surface area contributed by atoms with E-state index in [1.54, 1.807) is 0 Å². The fraction of sp³-hybridized carbons (Fsp3) is 0.333. The molecule has 0 bridgehead atoms. The lowest BCUT2D eigenvalue weighted by molar-refractivity contribution is 1.13. The number of rotatable bonds is 2. The Hall–Kier alpha value is -0.500. The minimum absolute atomic E-state index is 1.07. The van der Waals surface area contributed by atoms with E-state index in [9.17, 15) is 0 Å². The van der Waals surface area contributed by atoms with Crippen LogP contribution in [-0.4, -0.2) is 7.05 Å². The maximum Gasteiger partial charge on any atom is 0.0349 e. The number of halogens is 1. The Bertz CT molecular complexity index is 245. The highest BCUT2D eigenvalue weighted by atomic mass is 79.9. The van der Waals surface area contributed by atoms with Crippen molar-refractivity contribution in [2.75, 3.05) is 12.4 Å². The number of hydrogen-bond donors (Lipinski definition) is 1. The Kier molecular flexibility index (Phi) is 2.94. The Morgan fingerprint density at radius 1 is 1.45 bits per heavy atom. The van der Waals surface area contributed by atoms with Crippen molar-refractivity contribution in [3.05, 3.63) is 28.2 Å². The zero-order chi connectivity index (χ0) is 8.27. The Labute approximate surface area is 75.9 Å². The molecule has 0 spiro atoms. The first-order chi connectivity index (χ1) is 5.27. The van der Waals surface area contributed by atoms with Crippen LogP contribution in [0.2, 0.25) is 0 Å². The fourth-order valence-corrected chi connectivity index (χ4v) is 1.65. The van der Waals surface area contributed by atoms with E-state index in [2.05, 4.69) is 46.4 Å². The van der Waals surface area contributed by atoms with Crippen LogP contribution >= 0.6 is 15.9 Å². The van der Waals surface area contributed by atoms with Gasteiger partial charge in [-0.1, -0.05) is 28.9 Å². The predicted octanol–water partition coefficient (Wildman–Crippen LogP) is 3.05. The number of benzene rings is 1. The molecule has 0 fully saturated rings. The van der Waals surface area contributed by atoms with Gasteiger partial charge in [0.1, 0.15) is 0 Å². The first-order valence-electron chi connectivity index (χ1n) is 3.74. The molecule has 11 heavy (non-hydrogen) atoms. The molecule has 0 aliphatic rings. The van der Waals surface area contributed by atoms with Gasteiger partial charge in [0.05, 0.1) is 0 Å². The van der Waals surface area contributed by atoms with Crippen molar-refractivity contribution in [1.82, 2.24) is 0 Å². The molecule has 0 atom stereocenters. The second-order valence-corrected chi connectivity index (χ2v) is 3.26. The smallest absolute Gasteiger partial charge is 0.0349 e. The van der Waals surface area contributed by atoms with Crippen LogP contribution in [0.5, 0.6) is 0 Å². The summed E-state index contributed by atoms with van der Waals surface area (Å²) in [7, 11) is 1.92. The third kappa shape index (κ3) is 1.96. The molecule has 0 unspecified atom stereocenters. The minimum Gasteiger partial charge on any atom is -0.388 e. The van der Waals surface area contributed by atoms with E-state index in [-0.39, 0.29) is 0 Å². The Balaban J connectivity index is 2.99. The summed E-state index contributed by atoms with van der Waals surface area (Å²) in [4.78, 5) is 0. The standard InChI is InChI=1S/C9H12BrN/c1-3-7-4-5-8(11-2)6-9(7)10/h4-6,11H,3H2,1-2H3. The highest BCUT2D eigenvalue weighted by molar-refractivity contribution is 9.10. The van der Waals surface area contributed by atoms with Gasteiger partial charge in [0, 0.05) is 17.2 Å². The lowest BCUT2D eigenvalue weighted by Gasteiger charge is -2.04. The van der Waals surface area contributed by atoms with Gasteiger partial charge in [0.15, 0.2) is 0 Å². The van der Waals surface area contributed by atoms with Crippen molar-refractivity contribution < 1.29 is 0 Å². The molecule has 1 N–H and O–H groups in total. The third-order valence-corrected chi connectivity index (χ3v) is 2.46. The quantitative estimate of drug-likeness (QED) is 0.797. The van der Waals surface area contributed by atoms with Crippen LogP contribution < -0.4 is 5.32 Å². The molecule has 1 rings (SSSR count). The van der Waals surface area contributed by atoms with Crippen molar-refractivity contribution in [3.63, 3.8) is 0 Å². The van der Waals surface area contributed by atoms with E-state index in [1.807, 2.05) is 7.05 Å². The molecule has 60 valence electrons. The van der Waals surface area contributed by atoms with Gasteiger partial charge in [0.25, 0.3) is 0 Å². The molecule has 0 saturated heterocycles. The summed E-state index contributed by atoms with van der Waals surface area (Å²) in [6.07, 6.45) is 1.07. The van der Waals surface area contributed by atoms with Crippen LogP contribution in [-0.2, 0) is 6.42 Å². The fourth-order valence-electron chi connectivity index (χ4n) is 0.990. The van der Waals surface area contributed by atoms with Crippen LogP contribution in [0.15, 0.2) is 22.7 Å². The first-order valence-corrected chi connectivity index (χ1v) is 4.53. The maximum absolute atomic E-state index is 3.51. The average molecular weight is 214 g/mol. The summed E-state index contributed by atoms with van der Waals surface area (Å²) in [6, 6.07) is 6.32. The van der Waals surface area contributed by atoms with E-state index >= 15 is 0 Å². The summed E-state index contributed by atoms with van der Waals surface area (Å²) >= 11 is 3.51. The highest BCUT2D eigenvalue weighted by Gasteiger charge is 1.96. The Morgan fingerprint density at radius 2 is 2.18 bits per heavy atom. The van der Waals surface area contributed by atoms with Gasteiger partial charge in [-0.3, -0.25) is 0 Å². The predicted molar refractivity (Wildman–Crippen MR) is 53.1 cm³/mol. The summed E-state index contributed by atoms with van der Waals surface area (Å²) in [5.74, 6) is 0. The topological polar surface area (TPSA) is 12.0 Å². The van der Waals surface area contributed by atoms with Crippen molar-refractivity contribution in [1.29, 1.82) is 0 Å². The van der Waals surface area contributed by atoms with E-state index < -0.39 is 0 Å². The number of nitrogens with one attached hydrogen (secondary N) is 1. The van der Waals surface area contributed by atoms with Gasteiger partial charge in [-0.15, -0.1) is 0 Å². The van der Waals surface area contributed by atoms with Gasteiger partial charge >= 0.3 is 0 Å². The second-order valence-electron chi connectivity index (χ2n) is 2.41. The Morgan fingerprint density at radius 3 is 2.64 bits per heavy atom. The number of anilines is 1. The van der Waals surface area contributed by atoms with Crippen LogP contribution in [0.25, 0.3) is 0 Å². The average Bonchev–Trinajstić information content (AvgIpc) is 2.04. The molecule has 0 amide bonds. The first kappa shape index (κ1) is 8.60. The summed E-state index contributed by atoms with van der Waals surface area (Å²) in [5, 5.41) is 3.09.